The van der Waals surface area contributed by atoms with Crippen LogP contribution in [-0.2, 0) is 0 Å². The third-order valence-electron chi connectivity index (χ3n) is 2.51. The van der Waals surface area contributed by atoms with Gasteiger partial charge in [0.15, 0.2) is 0 Å². The summed E-state index contributed by atoms with van der Waals surface area (Å²) in [7, 11) is 0. The molecule has 1 aromatic carbocycles. The lowest BCUT2D eigenvalue weighted by molar-refractivity contribution is -0.385. The van der Waals surface area contributed by atoms with Crippen LogP contribution < -0.4 is 0 Å². The van der Waals surface area contributed by atoms with Gasteiger partial charge in [-0.25, -0.2) is 0 Å². The molecule has 0 aliphatic heterocycles. The van der Waals surface area contributed by atoms with E-state index in [4.69, 9.17) is 21.0 Å². The third-order valence-corrected chi connectivity index (χ3v) is 2.51. The number of rotatable bonds is 3. The minimum atomic E-state index is -0.322. The van der Waals surface area contributed by atoms with E-state index in [9.17, 15) is 10.1 Å². The predicted octanol–water partition coefficient (Wildman–Crippen LogP) is 3.88. The Labute approximate surface area is 111 Å². The molecule has 0 saturated heterocycles. The molecule has 0 aliphatic rings. The topological polar surface area (TPSA) is 124 Å². The predicted molar refractivity (Wildman–Crippen MR) is 71.8 cm³/mol. The van der Waals surface area contributed by atoms with Crippen LogP contribution in [0.2, 0.25) is 0 Å². The van der Waals surface area contributed by atoms with E-state index in [1.54, 1.807) is 12.1 Å². The van der Waals surface area contributed by atoms with Gasteiger partial charge in [-0.05, 0) is 23.0 Å². The molecule has 0 heterocycles. The van der Waals surface area contributed by atoms with Gasteiger partial charge in [-0.2, -0.15) is 0 Å². The summed E-state index contributed by atoms with van der Waals surface area (Å²) in [6.07, 6.45) is 0. The summed E-state index contributed by atoms with van der Waals surface area (Å²) >= 11 is 0. The van der Waals surface area contributed by atoms with E-state index in [1.807, 2.05) is 27.7 Å². The maximum atomic E-state index is 10.8. The van der Waals surface area contributed by atoms with E-state index in [1.165, 1.54) is 0 Å². The second kappa shape index (κ2) is 10.4. The first-order chi connectivity index (χ1) is 8.91. The Kier molecular flexibility index (Phi) is 10.8. The average molecular weight is 275 g/mol. The number of hydrogen-bond donors (Lipinski definition) is 4. The van der Waals surface area contributed by atoms with Crippen LogP contribution in [0.3, 0.4) is 0 Å². The molecule has 110 valence electrons. The standard InChI is InChI=1S/C12H17NO2.2H2O2/c1-8(2)10-5-11(9(3)4)7-12(6-10)13(14)15;2*1-2/h5-9H,1-4H3;2*1-2H. The van der Waals surface area contributed by atoms with Crippen LogP contribution in [-0.4, -0.2) is 26.0 Å². The first kappa shape index (κ1) is 19.8. The molecule has 0 spiro atoms. The number of non-ortho nitro benzene ring substituents is 1. The molecule has 7 nitrogen and oxygen atoms in total. The molecule has 0 radical (unpaired) electrons. The van der Waals surface area contributed by atoms with Crippen LogP contribution in [0.5, 0.6) is 0 Å². The molecule has 0 saturated carbocycles. The molecule has 0 aromatic heterocycles. The molecule has 1 rings (SSSR count). The molecule has 0 aliphatic carbocycles. The molecule has 0 atom stereocenters. The van der Waals surface area contributed by atoms with E-state index < -0.39 is 0 Å². The Morgan fingerprint density at radius 3 is 1.42 bits per heavy atom. The van der Waals surface area contributed by atoms with Gasteiger partial charge < -0.3 is 0 Å². The highest BCUT2D eigenvalue weighted by atomic mass is 17.0. The van der Waals surface area contributed by atoms with E-state index in [0.29, 0.717) is 11.8 Å². The van der Waals surface area contributed by atoms with Crippen molar-refractivity contribution in [1.29, 1.82) is 0 Å². The fourth-order valence-corrected chi connectivity index (χ4v) is 1.43. The van der Waals surface area contributed by atoms with Gasteiger partial charge in [0.05, 0.1) is 4.92 Å². The van der Waals surface area contributed by atoms with Crippen LogP contribution in [0.25, 0.3) is 0 Å². The lowest BCUT2D eigenvalue weighted by Crippen LogP contribution is -1.97. The van der Waals surface area contributed by atoms with Crippen molar-refractivity contribution in [1.82, 2.24) is 0 Å². The molecular formula is C12H21NO6. The molecule has 0 fully saturated rings. The quantitative estimate of drug-likeness (QED) is 0.377. The largest absolute Gasteiger partial charge is 0.269 e. The Morgan fingerprint density at radius 1 is 0.895 bits per heavy atom. The molecule has 19 heavy (non-hydrogen) atoms. The summed E-state index contributed by atoms with van der Waals surface area (Å²) in [6, 6.07) is 5.38. The van der Waals surface area contributed by atoms with Crippen molar-refractivity contribution in [2.24, 2.45) is 0 Å². The monoisotopic (exact) mass is 275 g/mol. The van der Waals surface area contributed by atoms with Crippen LogP contribution in [0, 0.1) is 10.1 Å². The summed E-state index contributed by atoms with van der Waals surface area (Å²) in [5.41, 5.74) is 2.27. The number of hydrogen-bond acceptors (Lipinski definition) is 6. The smallest absolute Gasteiger partial charge is 0.258 e. The van der Waals surface area contributed by atoms with Crippen molar-refractivity contribution >= 4 is 5.69 Å². The van der Waals surface area contributed by atoms with E-state index in [-0.39, 0.29) is 10.6 Å². The Morgan fingerprint density at radius 2 is 1.21 bits per heavy atom. The molecule has 7 heteroatoms. The summed E-state index contributed by atoms with van der Waals surface area (Å²) in [6.45, 7) is 8.18. The highest BCUT2D eigenvalue weighted by molar-refractivity contribution is 5.41. The van der Waals surface area contributed by atoms with Crippen molar-refractivity contribution < 1.29 is 26.0 Å². The Hall–Kier alpha value is -1.54. The van der Waals surface area contributed by atoms with Gasteiger partial charge >= 0.3 is 0 Å². The van der Waals surface area contributed by atoms with E-state index in [2.05, 4.69) is 6.07 Å². The van der Waals surface area contributed by atoms with Crippen LogP contribution in [0.15, 0.2) is 18.2 Å². The Balaban J connectivity index is 0. The van der Waals surface area contributed by atoms with Crippen molar-refractivity contribution in [3.8, 4) is 0 Å². The molecule has 1 aromatic rings. The molecular weight excluding hydrogens is 254 g/mol. The number of nitro benzene ring substituents is 1. The third kappa shape index (κ3) is 6.82. The highest BCUT2D eigenvalue weighted by Crippen LogP contribution is 2.26. The SMILES string of the molecule is CC(C)c1cc(C(C)C)cc([N+](=O)[O-])c1.OO.OO. The molecule has 0 bridgehead atoms. The van der Waals surface area contributed by atoms with Gasteiger partial charge in [-0.1, -0.05) is 33.8 Å². The minimum absolute atomic E-state index is 0.199. The second-order valence-electron chi connectivity index (χ2n) is 4.42. The molecule has 4 N–H and O–H groups in total. The summed E-state index contributed by atoms with van der Waals surface area (Å²) < 4.78 is 0. The highest BCUT2D eigenvalue weighted by Gasteiger charge is 2.12. The van der Waals surface area contributed by atoms with Crippen molar-refractivity contribution in [2.45, 2.75) is 39.5 Å². The number of benzene rings is 1. The van der Waals surface area contributed by atoms with Crippen LogP contribution in [0.4, 0.5) is 5.69 Å². The normalized spacial score (nSPS) is 9.37. The zero-order valence-electron chi connectivity index (χ0n) is 11.4. The van der Waals surface area contributed by atoms with Gasteiger partial charge in [-0.15, -0.1) is 0 Å². The van der Waals surface area contributed by atoms with Crippen molar-refractivity contribution in [3.05, 3.63) is 39.4 Å². The van der Waals surface area contributed by atoms with Crippen molar-refractivity contribution in [2.75, 3.05) is 0 Å². The van der Waals surface area contributed by atoms with E-state index in [0.717, 1.165) is 11.1 Å². The van der Waals surface area contributed by atoms with Crippen LogP contribution >= 0.6 is 0 Å². The van der Waals surface area contributed by atoms with Gasteiger partial charge in [0, 0.05) is 12.1 Å². The maximum Gasteiger partial charge on any atom is 0.269 e. The summed E-state index contributed by atoms with van der Waals surface area (Å²) in [5.74, 6) is 0.643. The number of nitrogens with zero attached hydrogens (tertiary/aromatic N) is 1. The fourth-order valence-electron chi connectivity index (χ4n) is 1.43. The average Bonchev–Trinajstić information content (AvgIpc) is 2.42. The Bertz CT molecular complexity index is 352. The summed E-state index contributed by atoms with van der Waals surface area (Å²) in [4.78, 5) is 10.4. The zero-order chi connectivity index (χ0) is 15.6. The van der Waals surface area contributed by atoms with E-state index >= 15 is 0 Å². The lowest BCUT2D eigenvalue weighted by atomic mass is 9.95. The molecule has 0 unspecified atom stereocenters. The van der Waals surface area contributed by atoms with Crippen molar-refractivity contribution in [3.63, 3.8) is 0 Å². The lowest BCUT2D eigenvalue weighted by Gasteiger charge is -2.10. The molecule has 0 amide bonds. The van der Waals surface area contributed by atoms with Gasteiger partial charge in [0.2, 0.25) is 0 Å². The first-order valence-corrected chi connectivity index (χ1v) is 5.61. The number of nitro groups is 1. The van der Waals surface area contributed by atoms with Gasteiger partial charge in [0.1, 0.15) is 0 Å². The zero-order valence-corrected chi connectivity index (χ0v) is 11.4. The van der Waals surface area contributed by atoms with Gasteiger partial charge in [-0.3, -0.25) is 31.1 Å². The van der Waals surface area contributed by atoms with Gasteiger partial charge in [0.25, 0.3) is 5.69 Å². The fraction of sp³-hybridized carbons (Fsp3) is 0.500. The summed E-state index contributed by atoms with van der Waals surface area (Å²) in [5, 5.41) is 34.8. The minimum Gasteiger partial charge on any atom is -0.258 e. The first-order valence-electron chi connectivity index (χ1n) is 5.61. The maximum absolute atomic E-state index is 10.8. The second-order valence-corrected chi connectivity index (χ2v) is 4.42. The van der Waals surface area contributed by atoms with Crippen LogP contribution in [0.1, 0.15) is 50.7 Å².